The Morgan fingerprint density at radius 2 is 1.95 bits per heavy atom. The molecular weight excluding hydrogens is 264 g/mol. The molecule has 0 radical (unpaired) electrons. The van der Waals surface area contributed by atoms with Crippen LogP contribution in [-0.4, -0.2) is 36.9 Å². The Morgan fingerprint density at radius 1 is 1.19 bits per heavy atom. The molecule has 0 aliphatic heterocycles. The van der Waals surface area contributed by atoms with Crippen LogP contribution in [-0.2, 0) is 6.54 Å². The van der Waals surface area contributed by atoms with Gasteiger partial charge in [0.2, 0.25) is 0 Å². The van der Waals surface area contributed by atoms with Crippen molar-refractivity contribution in [3.8, 4) is 0 Å². The number of aromatic nitrogens is 1. The van der Waals surface area contributed by atoms with E-state index < -0.39 is 0 Å². The Morgan fingerprint density at radius 3 is 2.62 bits per heavy atom. The molecule has 0 bridgehead atoms. The lowest BCUT2D eigenvalue weighted by atomic mass is 10.2. The first kappa shape index (κ1) is 14.8. The fourth-order valence-electron chi connectivity index (χ4n) is 2.06. The van der Waals surface area contributed by atoms with Gasteiger partial charge < -0.3 is 15.5 Å². The van der Waals surface area contributed by atoms with Gasteiger partial charge in [-0.1, -0.05) is 12.1 Å². The number of hydrogen-bond donors (Lipinski definition) is 1. The summed E-state index contributed by atoms with van der Waals surface area (Å²) in [7, 11) is 5.41. The Bertz CT molecular complexity index is 640. The quantitative estimate of drug-likeness (QED) is 0.872. The molecule has 0 aliphatic rings. The molecule has 1 amide bonds. The zero-order valence-corrected chi connectivity index (χ0v) is 12.6. The molecule has 1 aromatic carbocycles. The van der Waals surface area contributed by atoms with Crippen molar-refractivity contribution in [3.63, 3.8) is 0 Å². The van der Waals surface area contributed by atoms with Crippen LogP contribution in [0.4, 0.5) is 11.4 Å². The highest BCUT2D eigenvalue weighted by molar-refractivity contribution is 5.92. The molecule has 21 heavy (non-hydrogen) atoms. The Balaban J connectivity index is 2.18. The molecule has 0 aliphatic carbocycles. The average Bonchev–Trinajstić information content (AvgIpc) is 2.46. The third-order valence-corrected chi connectivity index (χ3v) is 3.18. The van der Waals surface area contributed by atoms with Crippen molar-refractivity contribution in [1.82, 2.24) is 9.88 Å². The largest absolute Gasteiger partial charge is 0.399 e. The maximum atomic E-state index is 12.0. The van der Waals surface area contributed by atoms with Crippen molar-refractivity contribution in [2.75, 3.05) is 31.8 Å². The third kappa shape index (κ3) is 3.72. The number of anilines is 2. The van der Waals surface area contributed by atoms with E-state index in [2.05, 4.69) is 9.88 Å². The van der Waals surface area contributed by atoms with E-state index in [4.69, 9.17) is 5.73 Å². The molecule has 2 N–H and O–H groups in total. The summed E-state index contributed by atoms with van der Waals surface area (Å²) in [4.78, 5) is 19.7. The molecule has 2 aromatic rings. The molecule has 5 nitrogen and oxygen atoms in total. The first-order valence-electron chi connectivity index (χ1n) is 6.70. The van der Waals surface area contributed by atoms with Crippen molar-refractivity contribution < 1.29 is 4.79 Å². The Labute approximate surface area is 125 Å². The molecule has 1 aromatic heterocycles. The SMILES string of the molecule is CN(C)C(=O)c1cc(N(C)Cc2cccc(N)c2)ccn1. The van der Waals surface area contributed by atoms with Crippen LogP contribution in [0.1, 0.15) is 16.1 Å². The molecule has 0 saturated carbocycles. The van der Waals surface area contributed by atoms with Crippen LogP contribution in [0.15, 0.2) is 42.6 Å². The van der Waals surface area contributed by atoms with Gasteiger partial charge in [-0.05, 0) is 29.8 Å². The highest BCUT2D eigenvalue weighted by Gasteiger charge is 2.11. The maximum absolute atomic E-state index is 12.0. The number of amides is 1. The van der Waals surface area contributed by atoms with Crippen LogP contribution in [0, 0.1) is 0 Å². The lowest BCUT2D eigenvalue weighted by molar-refractivity contribution is 0.0822. The van der Waals surface area contributed by atoms with E-state index in [1.165, 1.54) is 4.90 Å². The molecule has 0 fully saturated rings. The topological polar surface area (TPSA) is 62.5 Å². The molecule has 0 unspecified atom stereocenters. The molecule has 0 spiro atoms. The van der Waals surface area contributed by atoms with E-state index in [0.717, 1.165) is 16.9 Å². The first-order chi connectivity index (χ1) is 9.97. The predicted octanol–water partition coefficient (Wildman–Crippen LogP) is 2.00. The Hall–Kier alpha value is -2.56. The van der Waals surface area contributed by atoms with Crippen LogP contribution in [0.3, 0.4) is 0 Å². The zero-order valence-electron chi connectivity index (χ0n) is 12.6. The smallest absolute Gasteiger partial charge is 0.272 e. The molecule has 110 valence electrons. The van der Waals surface area contributed by atoms with Crippen LogP contribution in [0.2, 0.25) is 0 Å². The van der Waals surface area contributed by atoms with Gasteiger partial charge in [0.1, 0.15) is 5.69 Å². The number of nitrogen functional groups attached to an aromatic ring is 1. The zero-order chi connectivity index (χ0) is 15.4. The fourth-order valence-corrected chi connectivity index (χ4v) is 2.06. The number of nitrogens with two attached hydrogens (primary N) is 1. The van der Waals surface area contributed by atoms with Crippen LogP contribution < -0.4 is 10.6 Å². The molecular formula is C16H20N4O. The van der Waals surface area contributed by atoms with E-state index >= 15 is 0 Å². The van der Waals surface area contributed by atoms with Gasteiger partial charge in [0, 0.05) is 45.3 Å². The number of benzene rings is 1. The highest BCUT2D eigenvalue weighted by Crippen LogP contribution is 2.17. The summed E-state index contributed by atoms with van der Waals surface area (Å²) >= 11 is 0. The number of hydrogen-bond acceptors (Lipinski definition) is 4. The van der Waals surface area contributed by atoms with E-state index in [0.29, 0.717) is 12.2 Å². The summed E-state index contributed by atoms with van der Waals surface area (Å²) in [5.74, 6) is -0.103. The summed E-state index contributed by atoms with van der Waals surface area (Å²) in [6, 6.07) is 11.5. The fraction of sp³-hybridized carbons (Fsp3) is 0.250. The normalized spacial score (nSPS) is 10.2. The van der Waals surface area contributed by atoms with E-state index in [9.17, 15) is 4.79 Å². The van der Waals surface area contributed by atoms with Gasteiger partial charge in [0.25, 0.3) is 5.91 Å². The first-order valence-corrected chi connectivity index (χ1v) is 6.70. The predicted molar refractivity (Wildman–Crippen MR) is 85.2 cm³/mol. The summed E-state index contributed by atoms with van der Waals surface area (Å²) in [6.45, 7) is 0.713. The monoisotopic (exact) mass is 284 g/mol. The third-order valence-electron chi connectivity index (χ3n) is 3.18. The summed E-state index contributed by atoms with van der Waals surface area (Å²) < 4.78 is 0. The van der Waals surface area contributed by atoms with E-state index in [-0.39, 0.29) is 5.91 Å². The highest BCUT2D eigenvalue weighted by atomic mass is 16.2. The van der Waals surface area contributed by atoms with E-state index in [1.807, 2.05) is 37.4 Å². The number of carbonyl (C=O) groups excluding carboxylic acids is 1. The minimum atomic E-state index is -0.103. The van der Waals surface area contributed by atoms with Crippen molar-refractivity contribution in [2.24, 2.45) is 0 Å². The number of carbonyl (C=O) groups is 1. The molecule has 1 heterocycles. The van der Waals surface area contributed by atoms with Crippen molar-refractivity contribution in [2.45, 2.75) is 6.54 Å². The number of rotatable bonds is 4. The van der Waals surface area contributed by atoms with E-state index in [1.54, 1.807) is 26.4 Å². The minimum absolute atomic E-state index is 0.103. The van der Waals surface area contributed by atoms with Crippen molar-refractivity contribution >= 4 is 17.3 Å². The number of pyridine rings is 1. The second kappa shape index (κ2) is 6.26. The second-order valence-corrected chi connectivity index (χ2v) is 5.20. The van der Waals surface area contributed by atoms with Crippen LogP contribution >= 0.6 is 0 Å². The summed E-state index contributed by atoms with van der Waals surface area (Å²) in [5, 5.41) is 0. The van der Waals surface area contributed by atoms with Crippen molar-refractivity contribution in [1.29, 1.82) is 0 Å². The van der Waals surface area contributed by atoms with Gasteiger partial charge >= 0.3 is 0 Å². The molecule has 0 saturated heterocycles. The van der Waals surface area contributed by atoms with Gasteiger partial charge in [0.05, 0.1) is 0 Å². The van der Waals surface area contributed by atoms with Gasteiger partial charge in [0.15, 0.2) is 0 Å². The van der Waals surface area contributed by atoms with Gasteiger partial charge in [-0.3, -0.25) is 9.78 Å². The standard InChI is InChI=1S/C16H20N4O/c1-19(2)16(21)15-10-14(7-8-18-15)20(3)11-12-5-4-6-13(17)9-12/h4-10H,11,17H2,1-3H3. The lowest BCUT2D eigenvalue weighted by Crippen LogP contribution is -2.23. The van der Waals surface area contributed by atoms with Crippen LogP contribution in [0.25, 0.3) is 0 Å². The van der Waals surface area contributed by atoms with Gasteiger partial charge in [-0.15, -0.1) is 0 Å². The lowest BCUT2D eigenvalue weighted by Gasteiger charge is -2.20. The van der Waals surface area contributed by atoms with Gasteiger partial charge in [-0.2, -0.15) is 0 Å². The van der Waals surface area contributed by atoms with Gasteiger partial charge in [-0.25, -0.2) is 0 Å². The number of nitrogens with zero attached hydrogens (tertiary/aromatic N) is 3. The van der Waals surface area contributed by atoms with Crippen molar-refractivity contribution in [3.05, 3.63) is 53.9 Å². The molecule has 5 heteroatoms. The molecule has 2 rings (SSSR count). The summed E-state index contributed by atoms with van der Waals surface area (Å²) in [6.07, 6.45) is 1.65. The minimum Gasteiger partial charge on any atom is -0.399 e. The maximum Gasteiger partial charge on any atom is 0.272 e. The average molecular weight is 284 g/mol. The second-order valence-electron chi connectivity index (χ2n) is 5.20. The Kier molecular flexibility index (Phi) is 4.42. The molecule has 0 atom stereocenters. The van der Waals surface area contributed by atoms with Crippen LogP contribution in [0.5, 0.6) is 0 Å². The summed E-state index contributed by atoms with van der Waals surface area (Å²) in [5.41, 5.74) is 9.04.